The van der Waals surface area contributed by atoms with Crippen molar-refractivity contribution in [2.24, 2.45) is 17.1 Å². The second-order valence-corrected chi connectivity index (χ2v) is 5.20. The molecule has 0 saturated heterocycles. The second-order valence-electron chi connectivity index (χ2n) is 5.20. The van der Waals surface area contributed by atoms with Gasteiger partial charge in [-0.3, -0.25) is 9.59 Å². The highest BCUT2D eigenvalue weighted by atomic mass is 16.4. The van der Waals surface area contributed by atoms with Gasteiger partial charge in [0.2, 0.25) is 5.91 Å². The summed E-state index contributed by atoms with van der Waals surface area (Å²) in [5, 5.41) is 11.3. The molecule has 17 heavy (non-hydrogen) atoms. The van der Waals surface area contributed by atoms with Crippen molar-refractivity contribution in [1.82, 2.24) is 5.32 Å². The molecule has 0 aromatic rings. The van der Waals surface area contributed by atoms with Crippen molar-refractivity contribution in [2.45, 2.75) is 45.6 Å². The van der Waals surface area contributed by atoms with Gasteiger partial charge in [0.25, 0.3) is 0 Å². The summed E-state index contributed by atoms with van der Waals surface area (Å²) < 4.78 is 0. The van der Waals surface area contributed by atoms with Gasteiger partial charge in [0, 0.05) is 6.54 Å². The van der Waals surface area contributed by atoms with E-state index in [9.17, 15) is 9.59 Å². The third kappa shape index (κ3) is 3.19. The van der Waals surface area contributed by atoms with Gasteiger partial charge < -0.3 is 16.2 Å². The highest BCUT2D eigenvalue weighted by Crippen LogP contribution is 2.38. The van der Waals surface area contributed by atoms with Crippen LogP contribution in [0.25, 0.3) is 0 Å². The molecule has 98 valence electrons. The quantitative estimate of drug-likeness (QED) is 0.677. The van der Waals surface area contributed by atoms with E-state index < -0.39 is 17.4 Å². The van der Waals surface area contributed by atoms with Crippen LogP contribution in [0.3, 0.4) is 0 Å². The topological polar surface area (TPSA) is 92.4 Å². The lowest BCUT2D eigenvalue weighted by Gasteiger charge is -2.37. The first-order valence-corrected chi connectivity index (χ1v) is 6.15. The monoisotopic (exact) mass is 242 g/mol. The third-order valence-electron chi connectivity index (χ3n) is 3.82. The summed E-state index contributed by atoms with van der Waals surface area (Å²) in [7, 11) is 0. The zero-order valence-corrected chi connectivity index (χ0v) is 10.5. The van der Waals surface area contributed by atoms with Crippen molar-refractivity contribution < 1.29 is 14.7 Å². The summed E-state index contributed by atoms with van der Waals surface area (Å²) in [5.74, 6) is -0.601. The highest BCUT2D eigenvalue weighted by Gasteiger charge is 2.40. The predicted molar refractivity (Wildman–Crippen MR) is 64.4 cm³/mol. The lowest BCUT2D eigenvalue weighted by atomic mass is 9.70. The molecule has 0 heterocycles. The number of nitrogens with two attached hydrogens (primary N) is 1. The van der Waals surface area contributed by atoms with Crippen molar-refractivity contribution in [2.75, 3.05) is 6.54 Å². The third-order valence-corrected chi connectivity index (χ3v) is 3.82. The molecular weight excluding hydrogens is 220 g/mol. The molecule has 1 amide bonds. The van der Waals surface area contributed by atoms with Crippen LogP contribution in [0.2, 0.25) is 0 Å². The van der Waals surface area contributed by atoms with Crippen LogP contribution >= 0.6 is 0 Å². The largest absolute Gasteiger partial charge is 0.480 e. The van der Waals surface area contributed by atoms with E-state index in [4.69, 9.17) is 10.8 Å². The van der Waals surface area contributed by atoms with Crippen LogP contribution in [0.1, 0.15) is 39.5 Å². The Balaban J connectivity index is 2.67. The van der Waals surface area contributed by atoms with Crippen LogP contribution in [-0.2, 0) is 9.59 Å². The summed E-state index contributed by atoms with van der Waals surface area (Å²) in [6.07, 6.45) is 3.46. The van der Waals surface area contributed by atoms with Gasteiger partial charge in [-0.2, -0.15) is 0 Å². The SMILES string of the molecule is CC1CCC(CN)(C(=O)NC(C)C(=O)O)CC1. The Kier molecular flexibility index (Phi) is 4.51. The number of hydrogen-bond acceptors (Lipinski definition) is 3. The van der Waals surface area contributed by atoms with Gasteiger partial charge in [0.15, 0.2) is 0 Å². The standard InChI is InChI=1S/C12H22N2O3/c1-8-3-5-12(7-13,6-4-8)11(17)14-9(2)10(15)16/h8-9H,3-7,13H2,1-2H3,(H,14,17)(H,15,16). The Morgan fingerprint density at radius 3 is 2.41 bits per heavy atom. The van der Waals surface area contributed by atoms with Gasteiger partial charge in [-0.1, -0.05) is 6.92 Å². The van der Waals surface area contributed by atoms with Gasteiger partial charge in [0.1, 0.15) is 6.04 Å². The Bertz CT molecular complexity index is 296. The van der Waals surface area contributed by atoms with Gasteiger partial charge in [-0.05, 0) is 38.5 Å². The number of amides is 1. The number of carbonyl (C=O) groups excluding carboxylic acids is 1. The minimum Gasteiger partial charge on any atom is -0.480 e. The maximum atomic E-state index is 12.1. The number of nitrogens with one attached hydrogen (secondary N) is 1. The summed E-state index contributed by atoms with van der Waals surface area (Å²) in [4.78, 5) is 22.8. The van der Waals surface area contributed by atoms with Crippen molar-refractivity contribution in [3.8, 4) is 0 Å². The van der Waals surface area contributed by atoms with E-state index in [-0.39, 0.29) is 12.5 Å². The number of carboxylic acid groups (broad SMARTS) is 1. The molecule has 5 nitrogen and oxygen atoms in total. The zero-order chi connectivity index (χ0) is 13.1. The van der Waals surface area contributed by atoms with Crippen molar-refractivity contribution in [1.29, 1.82) is 0 Å². The second kappa shape index (κ2) is 5.49. The van der Waals surface area contributed by atoms with E-state index in [0.717, 1.165) is 25.7 Å². The summed E-state index contributed by atoms with van der Waals surface area (Å²) in [6, 6.07) is -0.856. The molecule has 0 bridgehead atoms. The van der Waals surface area contributed by atoms with E-state index >= 15 is 0 Å². The fourth-order valence-electron chi connectivity index (χ4n) is 2.25. The van der Waals surface area contributed by atoms with Gasteiger partial charge in [-0.15, -0.1) is 0 Å². The molecule has 1 aliphatic carbocycles. The Morgan fingerprint density at radius 2 is 2.00 bits per heavy atom. The number of carboxylic acids is 1. The molecule has 0 aromatic heterocycles. The van der Waals surface area contributed by atoms with Crippen LogP contribution in [0, 0.1) is 11.3 Å². The molecule has 5 heteroatoms. The number of rotatable bonds is 4. The smallest absolute Gasteiger partial charge is 0.325 e. The molecule has 1 fully saturated rings. The molecule has 1 aliphatic rings. The van der Waals surface area contributed by atoms with Crippen LogP contribution in [0.15, 0.2) is 0 Å². The minimum absolute atomic E-state index is 0.207. The van der Waals surface area contributed by atoms with Gasteiger partial charge in [0.05, 0.1) is 5.41 Å². The molecule has 1 atom stereocenters. The van der Waals surface area contributed by atoms with E-state index in [2.05, 4.69) is 12.2 Å². The first-order valence-electron chi connectivity index (χ1n) is 6.15. The molecule has 1 rings (SSSR count). The molecular formula is C12H22N2O3. The van der Waals surface area contributed by atoms with Crippen LogP contribution < -0.4 is 11.1 Å². The summed E-state index contributed by atoms with van der Waals surface area (Å²) in [6.45, 7) is 3.92. The van der Waals surface area contributed by atoms with Crippen molar-refractivity contribution in [3.05, 3.63) is 0 Å². The minimum atomic E-state index is -1.02. The maximum absolute atomic E-state index is 12.1. The molecule has 4 N–H and O–H groups in total. The normalized spacial score (nSPS) is 30.6. The summed E-state index contributed by atoms with van der Waals surface area (Å²) in [5.41, 5.74) is 5.17. The average molecular weight is 242 g/mol. The van der Waals surface area contributed by atoms with Crippen molar-refractivity contribution >= 4 is 11.9 Å². The lowest BCUT2D eigenvalue weighted by Crippen LogP contribution is -2.51. The summed E-state index contributed by atoms with van der Waals surface area (Å²) >= 11 is 0. The number of aliphatic carboxylic acids is 1. The number of carbonyl (C=O) groups is 2. The zero-order valence-electron chi connectivity index (χ0n) is 10.5. The van der Waals surface area contributed by atoms with E-state index in [0.29, 0.717) is 5.92 Å². The highest BCUT2D eigenvalue weighted by molar-refractivity contribution is 5.87. The predicted octanol–water partition coefficient (Wildman–Crippen LogP) is 0.731. The first-order chi connectivity index (χ1) is 7.91. The molecule has 1 saturated carbocycles. The van der Waals surface area contributed by atoms with Gasteiger partial charge >= 0.3 is 5.97 Å². The molecule has 0 aromatic carbocycles. The van der Waals surface area contributed by atoms with E-state index in [1.165, 1.54) is 6.92 Å². The van der Waals surface area contributed by atoms with Gasteiger partial charge in [-0.25, -0.2) is 0 Å². The van der Waals surface area contributed by atoms with Crippen LogP contribution in [0.4, 0.5) is 0 Å². The average Bonchev–Trinajstić information content (AvgIpc) is 2.30. The van der Waals surface area contributed by atoms with E-state index in [1.807, 2.05) is 0 Å². The Hall–Kier alpha value is -1.10. The fourth-order valence-corrected chi connectivity index (χ4v) is 2.25. The van der Waals surface area contributed by atoms with E-state index in [1.54, 1.807) is 0 Å². The van der Waals surface area contributed by atoms with Crippen LogP contribution in [0.5, 0.6) is 0 Å². The maximum Gasteiger partial charge on any atom is 0.325 e. The first kappa shape index (κ1) is 14.0. The molecule has 0 aliphatic heterocycles. The Morgan fingerprint density at radius 1 is 1.47 bits per heavy atom. The molecule has 0 radical (unpaired) electrons. The fraction of sp³-hybridized carbons (Fsp3) is 0.833. The molecule has 1 unspecified atom stereocenters. The molecule has 0 spiro atoms. The van der Waals surface area contributed by atoms with Crippen LogP contribution in [-0.4, -0.2) is 29.6 Å². The van der Waals surface area contributed by atoms with Crippen molar-refractivity contribution in [3.63, 3.8) is 0 Å². The number of hydrogen-bond donors (Lipinski definition) is 3. The lowest BCUT2D eigenvalue weighted by molar-refractivity contribution is -0.144. The Labute approximate surface area is 102 Å².